The average molecular weight is 337 g/mol. The molecule has 1 aliphatic heterocycles. The molecule has 2 aromatic heterocycles. The molecule has 7 heteroatoms. The summed E-state index contributed by atoms with van der Waals surface area (Å²) in [4.78, 5) is 33.5. The molecule has 0 unspecified atom stereocenters. The van der Waals surface area contributed by atoms with Crippen molar-refractivity contribution in [3.8, 4) is 5.95 Å². The van der Waals surface area contributed by atoms with Gasteiger partial charge in [-0.15, -0.1) is 0 Å². The molecule has 4 rings (SSSR count). The topological polar surface area (TPSA) is 83.3 Å². The SMILES string of the molecule is CC1(C)OC(=O)C(c2cc3ccccc3n2-c2ncccn2)C(=O)O1. The van der Waals surface area contributed by atoms with Gasteiger partial charge in [0.15, 0.2) is 5.92 Å². The zero-order chi connectivity index (χ0) is 17.6. The van der Waals surface area contributed by atoms with E-state index < -0.39 is 23.6 Å². The van der Waals surface area contributed by atoms with Crippen LogP contribution in [-0.2, 0) is 19.1 Å². The first-order valence-corrected chi connectivity index (χ1v) is 7.80. The Morgan fingerprint density at radius 2 is 1.64 bits per heavy atom. The molecule has 1 saturated heterocycles. The van der Waals surface area contributed by atoms with E-state index in [1.807, 2.05) is 24.3 Å². The van der Waals surface area contributed by atoms with Crippen LogP contribution in [0.3, 0.4) is 0 Å². The first-order chi connectivity index (χ1) is 12.0. The number of esters is 2. The van der Waals surface area contributed by atoms with Crippen molar-refractivity contribution in [3.63, 3.8) is 0 Å². The van der Waals surface area contributed by atoms with Gasteiger partial charge in [-0.05, 0) is 18.2 Å². The average Bonchev–Trinajstić information content (AvgIpc) is 2.92. The van der Waals surface area contributed by atoms with Crippen molar-refractivity contribution in [1.82, 2.24) is 14.5 Å². The van der Waals surface area contributed by atoms with E-state index in [1.54, 1.807) is 29.1 Å². The summed E-state index contributed by atoms with van der Waals surface area (Å²) < 4.78 is 12.2. The lowest BCUT2D eigenvalue weighted by atomic mass is 10.0. The van der Waals surface area contributed by atoms with E-state index in [2.05, 4.69) is 9.97 Å². The van der Waals surface area contributed by atoms with Crippen LogP contribution in [0.25, 0.3) is 16.9 Å². The number of hydrogen-bond donors (Lipinski definition) is 0. The maximum absolute atomic E-state index is 12.5. The smallest absolute Gasteiger partial charge is 0.329 e. The molecule has 0 amide bonds. The van der Waals surface area contributed by atoms with E-state index in [9.17, 15) is 9.59 Å². The number of carbonyl (C=O) groups is 2. The summed E-state index contributed by atoms with van der Waals surface area (Å²) in [6.45, 7) is 3.05. The number of carbonyl (C=O) groups excluding carboxylic acids is 2. The van der Waals surface area contributed by atoms with Gasteiger partial charge in [-0.25, -0.2) is 9.97 Å². The molecule has 25 heavy (non-hydrogen) atoms. The molecule has 0 aliphatic carbocycles. The summed E-state index contributed by atoms with van der Waals surface area (Å²) in [6, 6.07) is 11.0. The van der Waals surface area contributed by atoms with E-state index in [-0.39, 0.29) is 0 Å². The van der Waals surface area contributed by atoms with Crippen molar-refractivity contribution in [2.75, 3.05) is 0 Å². The maximum Gasteiger partial charge on any atom is 0.329 e. The summed E-state index contributed by atoms with van der Waals surface area (Å²) in [5.41, 5.74) is 1.20. The highest BCUT2D eigenvalue weighted by atomic mass is 16.7. The van der Waals surface area contributed by atoms with Gasteiger partial charge in [-0.2, -0.15) is 0 Å². The molecule has 1 aromatic carbocycles. The Kier molecular flexibility index (Phi) is 3.31. The van der Waals surface area contributed by atoms with Gasteiger partial charge in [0.2, 0.25) is 5.95 Å². The van der Waals surface area contributed by atoms with Crippen LogP contribution >= 0.6 is 0 Å². The zero-order valence-electron chi connectivity index (χ0n) is 13.7. The van der Waals surface area contributed by atoms with Crippen LogP contribution in [0.4, 0.5) is 0 Å². The van der Waals surface area contributed by atoms with Crippen molar-refractivity contribution in [2.45, 2.75) is 25.6 Å². The number of para-hydroxylation sites is 1. The van der Waals surface area contributed by atoms with E-state index in [0.717, 1.165) is 10.9 Å². The molecule has 0 radical (unpaired) electrons. The van der Waals surface area contributed by atoms with Gasteiger partial charge >= 0.3 is 11.9 Å². The molecule has 0 saturated carbocycles. The highest BCUT2D eigenvalue weighted by Gasteiger charge is 2.46. The Balaban J connectivity index is 1.93. The second-order valence-electron chi connectivity index (χ2n) is 6.19. The van der Waals surface area contributed by atoms with E-state index in [1.165, 1.54) is 13.8 Å². The molecule has 3 aromatic rings. The highest BCUT2D eigenvalue weighted by molar-refractivity contribution is 6.03. The second-order valence-corrected chi connectivity index (χ2v) is 6.19. The number of ether oxygens (including phenoxy) is 2. The third-order valence-corrected chi connectivity index (χ3v) is 3.95. The minimum atomic E-state index is -1.27. The minimum absolute atomic E-state index is 0.365. The molecular weight excluding hydrogens is 322 g/mol. The predicted molar refractivity (Wildman–Crippen MR) is 87.9 cm³/mol. The zero-order valence-corrected chi connectivity index (χ0v) is 13.7. The van der Waals surface area contributed by atoms with Gasteiger partial charge < -0.3 is 9.47 Å². The first-order valence-electron chi connectivity index (χ1n) is 7.80. The van der Waals surface area contributed by atoms with E-state index >= 15 is 0 Å². The number of fused-ring (bicyclic) bond motifs is 1. The maximum atomic E-state index is 12.5. The highest BCUT2D eigenvalue weighted by Crippen LogP contribution is 2.34. The Morgan fingerprint density at radius 1 is 1.00 bits per heavy atom. The molecule has 126 valence electrons. The number of hydrogen-bond acceptors (Lipinski definition) is 6. The lowest BCUT2D eigenvalue weighted by molar-refractivity contribution is -0.234. The third-order valence-electron chi connectivity index (χ3n) is 3.95. The van der Waals surface area contributed by atoms with Gasteiger partial charge in [0.25, 0.3) is 5.79 Å². The molecule has 3 heterocycles. The van der Waals surface area contributed by atoms with Gasteiger partial charge in [0, 0.05) is 31.6 Å². The predicted octanol–water partition coefficient (Wildman–Crippen LogP) is 2.34. The largest absolute Gasteiger partial charge is 0.422 e. The van der Waals surface area contributed by atoms with Gasteiger partial charge in [-0.1, -0.05) is 18.2 Å². The number of cyclic esters (lactones) is 2. The molecule has 0 spiro atoms. The van der Waals surface area contributed by atoms with Crippen molar-refractivity contribution in [3.05, 3.63) is 54.5 Å². The number of aromatic nitrogens is 3. The first kappa shape index (κ1) is 15.3. The fraction of sp³-hybridized carbons (Fsp3) is 0.222. The van der Waals surface area contributed by atoms with Crippen LogP contribution in [0.1, 0.15) is 25.5 Å². The molecular formula is C18H15N3O4. The molecule has 0 bridgehead atoms. The minimum Gasteiger partial charge on any atom is -0.422 e. The summed E-state index contributed by atoms with van der Waals surface area (Å²) in [7, 11) is 0. The summed E-state index contributed by atoms with van der Waals surface area (Å²) in [5.74, 6) is -3.40. The second kappa shape index (κ2) is 5.41. The van der Waals surface area contributed by atoms with Crippen molar-refractivity contribution in [1.29, 1.82) is 0 Å². The molecule has 0 atom stereocenters. The van der Waals surface area contributed by atoms with Crippen LogP contribution in [-0.4, -0.2) is 32.3 Å². The number of nitrogens with zero attached hydrogens (tertiary/aromatic N) is 3. The van der Waals surface area contributed by atoms with E-state index in [4.69, 9.17) is 9.47 Å². The quantitative estimate of drug-likeness (QED) is 0.527. The van der Waals surface area contributed by atoms with Gasteiger partial charge in [-0.3, -0.25) is 14.2 Å². The Hall–Kier alpha value is -3.22. The summed E-state index contributed by atoms with van der Waals surface area (Å²) in [6.07, 6.45) is 3.20. The third kappa shape index (κ3) is 2.53. The lowest BCUT2D eigenvalue weighted by Gasteiger charge is -2.33. The standard InChI is InChI=1S/C18H15N3O4/c1-18(2)24-15(22)14(16(23)25-18)13-10-11-6-3-4-7-12(11)21(13)17-19-8-5-9-20-17/h3-10,14H,1-2H3. The molecule has 1 fully saturated rings. The molecule has 0 N–H and O–H groups in total. The van der Waals surface area contributed by atoms with Crippen molar-refractivity contribution < 1.29 is 19.1 Å². The van der Waals surface area contributed by atoms with Crippen LogP contribution in [0.15, 0.2) is 48.8 Å². The van der Waals surface area contributed by atoms with E-state index in [0.29, 0.717) is 11.6 Å². The van der Waals surface area contributed by atoms with Crippen LogP contribution < -0.4 is 0 Å². The Bertz CT molecular complexity index is 958. The van der Waals surface area contributed by atoms with Gasteiger partial charge in [0.1, 0.15) is 0 Å². The fourth-order valence-electron chi connectivity index (χ4n) is 2.98. The lowest BCUT2D eigenvalue weighted by Crippen LogP contribution is -2.45. The monoisotopic (exact) mass is 337 g/mol. The van der Waals surface area contributed by atoms with Crippen LogP contribution in [0.2, 0.25) is 0 Å². The Morgan fingerprint density at radius 3 is 2.32 bits per heavy atom. The van der Waals surface area contributed by atoms with Crippen LogP contribution in [0, 0.1) is 0 Å². The molecule has 7 nitrogen and oxygen atoms in total. The number of benzene rings is 1. The summed E-state index contributed by atoms with van der Waals surface area (Å²) >= 11 is 0. The van der Waals surface area contributed by atoms with Crippen molar-refractivity contribution >= 4 is 22.8 Å². The fourth-order valence-corrected chi connectivity index (χ4v) is 2.98. The molecule has 1 aliphatic rings. The van der Waals surface area contributed by atoms with Gasteiger partial charge in [0.05, 0.1) is 11.2 Å². The van der Waals surface area contributed by atoms with Crippen LogP contribution in [0.5, 0.6) is 0 Å². The Labute approximate surface area is 143 Å². The summed E-state index contributed by atoms with van der Waals surface area (Å²) in [5, 5.41) is 0.857. The number of rotatable bonds is 2. The van der Waals surface area contributed by atoms with Crippen molar-refractivity contribution in [2.24, 2.45) is 0 Å². The normalized spacial score (nSPS) is 17.4.